The van der Waals surface area contributed by atoms with E-state index in [0.717, 1.165) is 10.8 Å². The van der Waals surface area contributed by atoms with Gasteiger partial charge in [0.2, 0.25) is 0 Å². The van der Waals surface area contributed by atoms with Crippen LogP contribution >= 0.6 is 45.2 Å². The molecule has 0 aromatic rings. The first-order chi connectivity index (χ1) is 5.86. The van der Waals surface area contributed by atoms with Crippen molar-refractivity contribution in [2.24, 2.45) is 46.3 Å². The first-order valence-corrected chi connectivity index (χ1v) is 8.03. The van der Waals surface area contributed by atoms with Crippen molar-refractivity contribution < 1.29 is 0 Å². The van der Waals surface area contributed by atoms with Crippen molar-refractivity contribution in [2.45, 2.75) is 0 Å². The first kappa shape index (κ1) is 6.85. The lowest BCUT2D eigenvalue weighted by molar-refractivity contribution is -0.647. The van der Waals surface area contributed by atoms with Crippen LogP contribution in [-0.4, -0.2) is 8.86 Å². The van der Waals surface area contributed by atoms with Crippen LogP contribution in [0.25, 0.3) is 0 Å². The van der Waals surface area contributed by atoms with E-state index >= 15 is 0 Å². The highest BCUT2D eigenvalue weighted by Gasteiger charge is 3.09. The van der Waals surface area contributed by atoms with Crippen LogP contribution in [-0.2, 0) is 0 Å². The molecule has 0 heterocycles. The third-order valence-corrected chi connectivity index (χ3v) is 9.09. The zero-order chi connectivity index (χ0) is 7.88. The Morgan fingerprint density at radius 3 is 1.33 bits per heavy atom. The highest BCUT2D eigenvalue weighted by molar-refractivity contribution is 14.1. The molecule has 2 heteroatoms. The minimum absolute atomic E-state index is 0.934. The van der Waals surface area contributed by atoms with Crippen LogP contribution < -0.4 is 0 Å². The van der Waals surface area contributed by atoms with Crippen LogP contribution in [0, 0.1) is 46.3 Å². The summed E-state index contributed by atoms with van der Waals surface area (Å²) in [6.07, 6.45) is 0. The van der Waals surface area contributed by atoms with Crippen LogP contribution in [0.3, 0.4) is 0 Å². The van der Waals surface area contributed by atoms with Gasteiger partial charge in [0.15, 0.2) is 0 Å². The Hall–Kier alpha value is 1.46. The normalized spacial score (nSPS) is 88.5. The quantitative estimate of drug-likeness (QED) is 0.508. The molecule has 6 fully saturated rings. The maximum Gasteiger partial charge on any atom is 0.00635 e. The number of rotatable bonds is 2. The van der Waals surface area contributed by atoms with Crippen molar-refractivity contribution in [3.63, 3.8) is 0 Å². The van der Waals surface area contributed by atoms with E-state index in [9.17, 15) is 0 Å². The van der Waals surface area contributed by atoms with Crippen molar-refractivity contribution >= 4 is 45.2 Å². The summed E-state index contributed by atoms with van der Waals surface area (Å²) in [6.45, 7) is 0. The third-order valence-electron chi connectivity index (χ3n) is 6.57. The van der Waals surface area contributed by atoms with Gasteiger partial charge in [0.05, 0.1) is 0 Å². The second kappa shape index (κ2) is 1.46. The molecule has 0 aliphatic heterocycles. The molecule has 64 valence electrons. The fourth-order valence-electron chi connectivity index (χ4n) is 6.59. The molecule has 6 aliphatic rings. The molecule has 4 atom stereocenters. The Labute approximate surface area is 99.5 Å². The van der Waals surface area contributed by atoms with E-state index in [1.54, 1.807) is 0 Å². The van der Waals surface area contributed by atoms with E-state index in [2.05, 4.69) is 45.2 Å². The van der Waals surface area contributed by atoms with E-state index < -0.39 is 0 Å². The smallest absolute Gasteiger partial charge is 0.00635 e. The number of alkyl halides is 2. The molecule has 4 unspecified atom stereocenters. The summed E-state index contributed by atoms with van der Waals surface area (Å²) in [5.41, 5.74) is 1.87. The average Bonchev–Trinajstić information content (AvgIpc) is 2.16. The lowest BCUT2D eigenvalue weighted by Gasteiger charge is -3.12. The molecule has 6 rings (SSSR count). The summed E-state index contributed by atoms with van der Waals surface area (Å²) in [4.78, 5) is 0. The Bertz CT molecular complexity index is 272. The van der Waals surface area contributed by atoms with Gasteiger partial charge in [-0.05, 0) is 46.3 Å². The summed E-state index contributed by atoms with van der Waals surface area (Å²) < 4.78 is 2.97. The van der Waals surface area contributed by atoms with Crippen molar-refractivity contribution in [2.75, 3.05) is 8.86 Å². The third kappa shape index (κ3) is 0.268. The van der Waals surface area contributed by atoms with Crippen LogP contribution in [0.15, 0.2) is 0 Å². The SMILES string of the molecule is ICC12C3C4C5C3C1(CI)C5C42. The van der Waals surface area contributed by atoms with Gasteiger partial charge >= 0.3 is 0 Å². The van der Waals surface area contributed by atoms with E-state index in [1.807, 2.05) is 0 Å². The monoisotopic (exact) mass is 384 g/mol. The lowest BCUT2D eigenvalue weighted by Crippen LogP contribution is -3.10. The maximum atomic E-state index is 2.67. The molecule has 0 bridgehead atoms. The lowest BCUT2D eigenvalue weighted by atomic mass is 8.92. The van der Waals surface area contributed by atoms with Crippen molar-refractivity contribution in [3.8, 4) is 0 Å². The predicted octanol–water partition coefficient (Wildman–Crippen LogP) is 2.59. The Morgan fingerprint density at radius 1 is 0.750 bits per heavy atom. The fraction of sp³-hybridized carbons (Fsp3) is 1.00. The van der Waals surface area contributed by atoms with E-state index in [0.29, 0.717) is 0 Å². The zero-order valence-corrected chi connectivity index (χ0v) is 10.9. The van der Waals surface area contributed by atoms with Gasteiger partial charge in [-0.15, -0.1) is 0 Å². The fourth-order valence-corrected chi connectivity index (χ4v) is 10.0. The van der Waals surface area contributed by atoms with Crippen molar-refractivity contribution in [3.05, 3.63) is 0 Å². The minimum atomic E-state index is 0.934. The Balaban J connectivity index is 1.74. The Kier molecular flexibility index (Phi) is 0.835. The van der Waals surface area contributed by atoms with Gasteiger partial charge in [-0.25, -0.2) is 0 Å². The minimum Gasteiger partial charge on any atom is -0.0857 e. The topological polar surface area (TPSA) is 0 Å². The van der Waals surface area contributed by atoms with Crippen LogP contribution in [0.1, 0.15) is 0 Å². The molecule has 6 saturated carbocycles. The molecule has 6 aliphatic carbocycles. The summed E-state index contributed by atoms with van der Waals surface area (Å²) >= 11 is 5.33. The van der Waals surface area contributed by atoms with Crippen molar-refractivity contribution in [1.82, 2.24) is 0 Å². The molecule has 0 spiro atoms. The highest BCUT2D eigenvalue weighted by atomic mass is 127. The number of hydrogen-bond acceptors (Lipinski definition) is 0. The molecular weight excluding hydrogens is 374 g/mol. The van der Waals surface area contributed by atoms with Gasteiger partial charge in [-0.1, -0.05) is 45.2 Å². The molecule has 0 aromatic carbocycles. The first-order valence-electron chi connectivity index (χ1n) is 4.98. The summed E-state index contributed by atoms with van der Waals surface area (Å²) in [5, 5.41) is 0. The van der Waals surface area contributed by atoms with Gasteiger partial charge in [0, 0.05) is 8.86 Å². The van der Waals surface area contributed by atoms with Gasteiger partial charge in [-0.2, -0.15) is 0 Å². The van der Waals surface area contributed by atoms with Gasteiger partial charge < -0.3 is 0 Å². The van der Waals surface area contributed by atoms with Gasteiger partial charge in [0.25, 0.3) is 0 Å². The zero-order valence-electron chi connectivity index (χ0n) is 6.63. The molecule has 0 nitrogen and oxygen atoms in total. The Morgan fingerprint density at radius 2 is 1.08 bits per heavy atom. The number of halogens is 2. The van der Waals surface area contributed by atoms with Crippen molar-refractivity contribution in [1.29, 1.82) is 0 Å². The summed E-state index contributed by atoms with van der Waals surface area (Å²) in [6, 6.07) is 0. The largest absolute Gasteiger partial charge is 0.0857 e. The van der Waals surface area contributed by atoms with Crippen LogP contribution in [0.5, 0.6) is 0 Å². The standard InChI is InChI=1S/C10H10I2/c11-1-9-5-3-4-7(5)10(9,2-12)8(4)6(3)9/h3-8H,1-2H2. The molecule has 0 amide bonds. The van der Waals surface area contributed by atoms with Gasteiger partial charge in [0.1, 0.15) is 0 Å². The molecule has 0 aromatic heterocycles. The van der Waals surface area contributed by atoms with Gasteiger partial charge in [-0.3, -0.25) is 0 Å². The second-order valence-electron chi connectivity index (χ2n) is 5.61. The average molecular weight is 384 g/mol. The number of hydrogen-bond donors (Lipinski definition) is 0. The van der Waals surface area contributed by atoms with E-state index in [4.69, 9.17) is 0 Å². The molecular formula is C10H10I2. The van der Waals surface area contributed by atoms with Crippen LogP contribution in [0.4, 0.5) is 0 Å². The van der Waals surface area contributed by atoms with E-state index in [-0.39, 0.29) is 0 Å². The second-order valence-corrected chi connectivity index (χ2v) is 7.13. The van der Waals surface area contributed by atoms with E-state index in [1.165, 1.54) is 44.4 Å². The summed E-state index contributed by atoms with van der Waals surface area (Å²) in [7, 11) is 0. The maximum absolute atomic E-state index is 2.67. The predicted molar refractivity (Wildman–Crippen MR) is 63.6 cm³/mol. The molecule has 0 N–H and O–H groups in total. The highest BCUT2D eigenvalue weighted by Crippen LogP contribution is 3.10. The molecule has 12 heavy (non-hydrogen) atoms. The van der Waals surface area contributed by atoms with Crippen LogP contribution in [0.2, 0.25) is 0 Å². The summed E-state index contributed by atoms with van der Waals surface area (Å²) in [5.74, 6) is 7.57. The molecule has 0 saturated heterocycles. The molecule has 0 radical (unpaired) electrons.